The van der Waals surface area contributed by atoms with Gasteiger partial charge in [0.25, 0.3) is 0 Å². The molecule has 0 aliphatic carbocycles. The van der Waals surface area contributed by atoms with E-state index < -0.39 is 17.7 Å². The third-order valence-electron chi connectivity index (χ3n) is 1.60. The van der Waals surface area contributed by atoms with Crippen LogP contribution in [-0.2, 0) is 14.3 Å². The number of carbonyl (C=O) groups is 1. The Morgan fingerprint density at radius 3 is 2.17 bits per heavy atom. The molecule has 0 aromatic carbocycles. The Morgan fingerprint density at radius 2 is 1.83 bits per heavy atom. The molecule has 0 saturated carbocycles. The van der Waals surface area contributed by atoms with Crippen molar-refractivity contribution in [2.75, 3.05) is 13.2 Å². The summed E-state index contributed by atoms with van der Waals surface area (Å²) in [7, 11) is 0. The van der Waals surface area contributed by atoms with E-state index in [-0.39, 0.29) is 32.1 Å². The van der Waals surface area contributed by atoms with Crippen molar-refractivity contribution in [1.82, 2.24) is 0 Å². The van der Waals surface area contributed by atoms with Gasteiger partial charge >= 0.3 is 18.9 Å². The quantitative estimate of drug-likeness (QED) is 0.374. The number of rotatable bonds is 1. The van der Waals surface area contributed by atoms with E-state index >= 15 is 0 Å². The van der Waals surface area contributed by atoms with Crippen LogP contribution < -0.4 is 24.0 Å². The molecule has 64 valence electrons. The summed E-state index contributed by atoms with van der Waals surface area (Å²) in [5.74, 6) is -2.38. The third-order valence-corrected chi connectivity index (χ3v) is 1.60. The van der Waals surface area contributed by atoms with Crippen LogP contribution >= 0.6 is 0 Å². The molecular weight excluding hydrogens is 155 g/mol. The van der Waals surface area contributed by atoms with E-state index in [9.17, 15) is 9.90 Å². The molecule has 0 radical (unpaired) electrons. The van der Waals surface area contributed by atoms with Crippen LogP contribution in [0, 0.1) is 5.92 Å². The smallest absolute Gasteiger partial charge is 0.550 e. The van der Waals surface area contributed by atoms with Gasteiger partial charge < -0.3 is 19.4 Å². The zero-order valence-electron chi connectivity index (χ0n) is 7.62. The van der Waals surface area contributed by atoms with Gasteiger partial charge in [-0.05, 0) is 13.8 Å². The molecule has 0 N–H and O–H groups in total. The van der Waals surface area contributed by atoms with Gasteiger partial charge in [-0.25, -0.2) is 0 Å². The number of aliphatic carboxylic acids is 1. The number of carbonyl (C=O) groups excluding carboxylic acids is 1. The second-order valence-electron chi connectivity index (χ2n) is 3.04. The fraction of sp³-hybridized carbons (Fsp3) is 0.857. The second kappa shape index (κ2) is 4.29. The summed E-state index contributed by atoms with van der Waals surface area (Å²) in [5, 5.41) is 10.3. The van der Waals surface area contributed by atoms with Gasteiger partial charge in [0.05, 0.1) is 13.2 Å². The first-order chi connectivity index (χ1) is 5.01. The minimum absolute atomic E-state index is 0. The summed E-state index contributed by atoms with van der Waals surface area (Å²) >= 11 is 0. The molecule has 0 bridgehead atoms. The fourth-order valence-corrected chi connectivity index (χ4v) is 0.828. The van der Waals surface area contributed by atoms with Crippen LogP contribution in [0.2, 0.25) is 0 Å². The standard InChI is InChI=1S/C7H12O4.Li/c1-7(2)10-3-5(4-11-7)6(8)9;/h5H,3-4H2,1-2H3,(H,8,9);/q;+1/p-1. The van der Waals surface area contributed by atoms with Crippen LogP contribution in [0.5, 0.6) is 0 Å². The third kappa shape index (κ3) is 3.16. The van der Waals surface area contributed by atoms with Gasteiger partial charge in [0.15, 0.2) is 5.79 Å². The molecule has 0 spiro atoms. The van der Waals surface area contributed by atoms with Crippen molar-refractivity contribution in [2.24, 2.45) is 5.92 Å². The average molecular weight is 166 g/mol. The largest absolute Gasteiger partial charge is 1.00 e. The van der Waals surface area contributed by atoms with E-state index in [0.29, 0.717) is 0 Å². The van der Waals surface area contributed by atoms with Crippen molar-refractivity contribution >= 4 is 5.97 Å². The average Bonchev–Trinajstić information content (AvgIpc) is 1.86. The van der Waals surface area contributed by atoms with Crippen molar-refractivity contribution in [2.45, 2.75) is 19.6 Å². The minimum atomic E-state index is -1.11. The van der Waals surface area contributed by atoms with Crippen molar-refractivity contribution in [3.8, 4) is 0 Å². The second-order valence-corrected chi connectivity index (χ2v) is 3.04. The monoisotopic (exact) mass is 166 g/mol. The van der Waals surface area contributed by atoms with E-state index in [0.717, 1.165) is 0 Å². The van der Waals surface area contributed by atoms with Crippen molar-refractivity contribution in [1.29, 1.82) is 0 Å². The zero-order chi connectivity index (χ0) is 8.48. The predicted molar refractivity (Wildman–Crippen MR) is 34.5 cm³/mol. The molecule has 0 atom stereocenters. The van der Waals surface area contributed by atoms with E-state index in [1.807, 2.05) is 0 Å². The molecule has 0 aromatic rings. The molecule has 1 aliphatic heterocycles. The van der Waals surface area contributed by atoms with Gasteiger partial charge in [-0.1, -0.05) is 0 Å². The molecule has 1 fully saturated rings. The van der Waals surface area contributed by atoms with E-state index in [2.05, 4.69) is 0 Å². The van der Waals surface area contributed by atoms with Crippen LogP contribution in [-0.4, -0.2) is 25.0 Å². The Kier molecular flexibility index (Phi) is 4.28. The first-order valence-electron chi connectivity index (χ1n) is 3.50. The zero-order valence-corrected chi connectivity index (χ0v) is 7.62. The summed E-state index contributed by atoms with van der Waals surface area (Å²) < 4.78 is 10.2. The summed E-state index contributed by atoms with van der Waals surface area (Å²) in [6.07, 6.45) is 0. The number of hydrogen-bond acceptors (Lipinski definition) is 4. The van der Waals surface area contributed by atoms with Gasteiger partial charge in [-0.3, -0.25) is 0 Å². The molecular formula is C7H11LiO4. The molecule has 0 amide bonds. The summed E-state index contributed by atoms with van der Waals surface area (Å²) in [5.41, 5.74) is 0. The Balaban J connectivity index is 0.00000121. The van der Waals surface area contributed by atoms with Crippen LogP contribution in [0.1, 0.15) is 13.8 Å². The van der Waals surface area contributed by atoms with Gasteiger partial charge in [0.1, 0.15) is 0 Å². The molecule has 0 unspecified atom stereocenters. The van der Waals surface area contributed by atoms with Gasteiger partial charge in [0, 0.05) is 11.9 Å². The number of carboxylic acids is 1. The maximum absolute atomic E-state index is 10.3. The number of ether oxygens (including phenoxy) is 2. The maximum atomic E-state index is 10.3. The molecule has 0 aromatic heterocycles. The van der Waals surface area contributed by atoms with Crippen LogP contribution in [0.3, 0.4) is 0 Å². The first kappa shape index (κ1) is 12.0. The number of hydrogen-bond donors (Lipinski definition) is 0. The maximum Gasteiger partial charge on any atom is 1.00 e. The molecule has 4 nitrogen and oxygen atoms in total. The minimum Gasteiger partial charge on any atom is -0.550 e. The first-order valence-corrected chi connectivity index (χ1v) is 3.50. The van der Waals surface area contributed by atoms with Gasteiger partial charge in [-0.15, -0.1) is 0 Å². The van der Waals surface area contributed by atoms with Crippen LogP contribution in [0.15, 0.2) is 0 Å². The van der Waals surface area contributed by atoms with Crippen LogP contribution in [0.25, 0.3) is 0 Å². The topological polar surface area (TPSA) is 58.6 Å². The van der Waals surface area contributed by atoms with Crippen molar-refractivity contribution in [3.05, 3.63) is 0 Å². The van der Waals surface area contributed by atoms with Gasteiger partial charge in [-0.2, -0.15) is 0 Å². The molecule has 1 rings (SSSR count). The molecule has 1 saturated heterocycles. The van der Waals surface area contributed by atoms with E-state index in [1.165, 1.54) is 0 Å². The molecule has 1 aliphatic rings. The fourth-order valence-electron chi connectivity index (χ4n) is 0.828. The summed E-state index contributed by atoms with van der Waals surface area (Å²) in [6.45, 7) is 3.85. The van der Waals surface area contributed by atoms with Gasteiger partial charge in [0.2, 0.25) is 0 Å². The van der Waals surface area contributed by atoms with Crippen molar-refractivity contribution < 1.29 is 38.2 Å². The Bertz CT molecular complexity index is 159. The Morgan fingerprint density at radius 1 is 1.42 bits per heavy atom. The van der Waals surface area contributed by atoms with E-state index in [4.69, 9.17) is 9.47 Å². The Labute approximate surface area is 83.4 Å². The van der Waals surface area contributed by atoms with Crippen molar-refractivity contribution in [3.63, 3.8) is 0 Å². The van der Waals surface area contributed by atoms with E-state index in [1.54, 1.807) is 13.8 Å². The normalized spacial score (nSPS) is 22.8. The molecule has 12 heavy (non-hydrogen) atoms. The predicted octanol–water partition coefficient (Wildman–Crippen LogP) is -3.86. The summed E-state index contributed by atoms with van der Waals surface area (Å²) in [4.78, 5) is 10.3. The summed E-state index contributed by atoms with van der Waals surface area (Å²) in [6, 6.07) is 0. The molecule has 5 heteroatoms. The SMILES string of the molecule is CC1(C)OCC(C(=O)[O-])CO1.[Li+]. The van der Waals surface area contributed by atoms with Crippen LogP contribution in [0.4, 0.5) is 0 Å². The molecule has 1 heterocycles. The number of carboxylic acid groups (broad SMARTS) is 1. The Hall–Kier alpha value is -0.0126.